The van der Waals surface area contributed by atoms with E-state index >= 15 is 0 Å². The van der Waals surface area contributed by atoms with Crippen LogP contribution in [0.5, 0.6) is 0 Å². The molecule has 1 aliphatic carbocycles. The lowest BCUT2D eigenvalue weighted by Gasteiger charge is -2.28. The van der Waals surface area contributed by atoms with E-state index in [1.165, 1.54) is 5.57 Å². The first-order valence-corrected chi connectivity index (χ1v) is 11.0. The maximum atomic E-state index is 12.9. The first-order valence-electron chi connectivity index (χ1n) is 9.78. The number of hydrogen-bond acceptors (Lipinski definition) is 5. The van der Waals surface area contributed by atoms with Crippen molar-refractivity contribution in [1.29, 1.82) is 0 Å². The largest absolute Gasteiger partial charge is 0.416 e. The molecule has 0 bridgehead atoms. The minimum Gasteiger partial charge on any atom is -0.325 e. The van der Waals surface area contributed by atoms with Gasteiger partial charge in [-0.1, -0.05) is 42.8 Å². The lowest BCUT2D eigenvalue weighted by molar-refractivity contribution is -0.137. The van der Waals surface area contributed by atoms with Crippen LogP contribution in [-0.2, 0) is 15.8 Å². The third kappa shape index (κ3) is 6.35. The number of hydrogen-bond donors (Lipinski definition) is 2. The number of anilines is 1. The summed E-state index contributed by atoms with van der Waals surface area (Å²) in [4.78, 5) is 24.5. The second-order valence-corrected chi connectivity index (χ2v) is 10.1. The van der Waals surface area contributed by atoms with Crippen LogP contribution in [0.1, 0.15) is 45.6 Å². The number of amides is 2. The fourth-order valence-corrected chi connectivity index (χ4v) is 4.70. The molecule has 1 aliphatic heterocycles. The molecule has 2 amide bonds. The molecule has 172 valence electrons. The molecule has 1 saturated heterocycles. The van der Waals surface area contributed by atoms with Gasteiger partial charge >= 0.3 is 6.18 Å². The molecule has 0 aromatic heterocycles. The summed E-state index contributed by atoms with van der Waals surface area (Å²) in [5.74, 6) is -1.06. The first-order chi connectivity index (χ1) is 14.8. The van der Waals surface area contributed by atoms with Crippen LogP contribution < -0.4 is 10.6 Å². The molecule has 0 radical (unpaired) electrons. The Balaban J connectivity index is 1.64. The number of benzene rings is 1. The van der Waals surface area contributed by atoms with Gasteiger partial charge in [-0.15, -0.1) is 5.10 Å². The highest BCUT2D eigenvalue weighted by Crippen LogP contribution is 2.35. The summed E-state index contributed by atoms with van der Waals surface area (Å²) in [6.45, 7) is 6.31. The van der Waals surface area contributed by atoms with Gasteiger partial charge in [0.25, 0.3) is 0 Å². The molecule has 0 saturated carbocycles. The van der Waals surface area contributed by atoms with E-state index in [9.17, 15) is 22.8 Å². The summed E-state index contributed by atoms with van der Waals surface area (Å²) < 4.78 is 38.7. The number of nitrogens with zero attached hydrogens (tertiary/aromatic N) is 2. The van der Waals surface area contributed by atoms with Crippen molar-refractivity contribution >= 4 is 51.7 Å². The molecule has 32 heavy (non-hydrogen) atoms. The Labute approximate surface area is 192 Å². The molecule has 2 aliphatic rings. The van der Waals surface area contributed by atoms with Gasteiger partial charge < -0.3 is 10.6 Å². The predicted octanol–water partition coefficient (Wildman–Crippen LogP) is 5.40. The average molecular weight is 487 g/mol. The molecule has 1 aromatic rings. The van der Waals surface area contributed by atoms with Gasteiger partial charge in [-0.25, -0.2) is 0 Å². The van der Waals surface area contributed by atoms with E-state index in [4.69, 9.17) is 11.6 Å². The minimum absolute atomic E-state index is 0.0355. The summed E-state index contributed by atoms with van der Waals surface area (Å²) >= 11 is 6.95. The van der Waals surface area contributed by atoms with Crippen molar-refractivity contribution in [3.05, 3.63) is 40.4 Å². The Hall–Kier alpha value is -2.33. The zero-order valence-corrected chi connectivity index (χ0v) is 19.2. The van der Waals surface area contributed by atoms with Crippen LogP contribution in [0.4, 0.5) is 18.9 Å². The molecule has 6 nitrogen and oxygen atoms in total. The summed E-state index contributed by atoms with van der Waals surface area (Å²) in [5, 5.41) is 12.7. The summed E-state index contributed by atoms with van der Waals surface area (Å²) in [6, 6.07) is 2.64. The number of rotatable bonds is 4. The topological polar surface area (TPSA) is 82.9 Å². The second-order valence-electron chi connectivity index (χ2n) is 8.55. The molecular weight excluding hydrogens is 465 g/mol. The van der Waals surface area contributed by atoms with E-state index in [0.29, 0.717) is 0 Å². The van der Waals surface area contributed by atoms with Gasteiger partial charge in [0.15, 0.2) is 5.17 Å². The Bertz CT molecular complexity index is 1030. The van der Waals surface area contributed by atoms with Crippen molar-refractivity contribution in [3.8, 4) is 0 Å². The van der Waals surface area contributed by atoms with Gasteiger partial charge in [0, 0.05) is 6.42 Å². The van der Waals surface area contributed by atoms with Crippen LogP contribution in [0.25, 0.3) is 0 Å². The maximum Gasteiger partial charge on any atom is 0.416 e. The second kappa shape index (κ2) is 9.27. The SMILES string of the molecule is CC1=CC(=NN=C2NC(=O)[C@H](CC(=O)Nc3cc(C(F)(F)F)ccc3Cl)S2)CC(C)(C)C1. The molecule has 1 heterocycles. The van der Waals surface area contributed by atoms with E-state index in [1.54, 1.807) is 0 Å². The van der Waals surface area contributed by atoms with Crippen LogP contribution in [-0.4, -0.2) is 27.9 Å². The molecule has 3 rings (SSSR count). The summed E-state index contributed by atoms with van der Waals surface area (Å²) in [7, 11) is 0. The van der Waals surface area contributed by atoms with Gasteiger partial charge in [-0.05, 0) is 49.5 Å². The van der Waals surface area contributed by atoms with Crippen LogP contribution in [0.15, 0.2) is 40.1 Å². The van der Waals surface area contributed by atoms with E-state index in [1.807, 2.05) is 13.0 Å². The van der Waals surface area contributed by atoms with Gasteiger partial charge in [-0.3, -0.25) is 9.59 Å². The van der Waals surface area contributed by atoms with Crippen molar-refractivity contribution in [2.45, 2.75) is 51.5 Å². The Kier molecular flexibility index (Phi) is 7.04. The van der Waals surface area contributed by atoms with Crippen LogP contribution in [0.2, 0.25) is 5.02 Å². The normalized spacial score (nSPS) is 23.3. The van der Waals surface area contributed by atoms with E-state index < -0.39 is 28.8 Å². The molecular formula is C21H22ClF3N4O2S. The molecule has 2 N–H and O–H groups in total. The standard InChI is InChI=1S/C21H22ClF3N4O2S/c1-11-6-13(10-20(2,3)9-11)28-29-19-27-18(31)16(32-19)8-17(30)26-15-7-12(21(23,24)25)4-5-14(15)22/h4-7,16H,8-10H2,1-3H3,(H,26,30)(H,27,29,31)/t16-/m0/s1. The van der Waals surface area contributed by atoms with Crippen molar-refractivity contribution in [3.63, 3.8) is 0 Å². The van der Waals surface area contributed by atoms with Gasteiger partial charge in [-0.2, -0.15) is 18.3 Å². The molecule has 1 aromatic carbocycles. The van der Waals surface area contributed by atoms with Gasteiger partial charge in [0.1, 0.15) is 5.25 Å². The van der Waals surface area contributed by atoms with Crippen LogP contribution in [0.3, 0.4) is 0 Å². The molecule has 0 unspecified atom stereocenters. The van der Waals surface area contributed by atoms with E-state index in [0.717, 1.165) is 48.5 Å². The van der Waals surface area contributed by atoms with E-state index in [2.05, 4.69) is 34.7 Å². The third-order valence-corrected chi connectivity index (χ3v) is 6.22. The van der Waals surface area contributed by atoms with Crippen LogP contribution >= 0.6 is 23.4 Å². The number of allylic oxidation sites excluding steroid dienone is 2. The zero-order valence-electron chi connectivity index (χ0n) is 17.6. The highest BCUT2D eigenvalue weighted by atomic mass is 35.5. The van der Waals surface area contributed by atoms with Crippen molar-refractivity contribution in [2.24, 2.45) is 15.6 Å². The predicted molar refractivity (Wildman–Crippen MR) is 121 cm³/mol. The lowest BCUT2D eigenvalue weighted by Crippen LogP contribution is -2.28. The molecule has 1 atom stereocenters. The smallest absolute Gasteiger partial charge is 0.325 e. The molecule has 1 fully saturated rings. The first kappa shape index (κ1) is 24.3. The highest BCUT2D eigenvalue weighted by Gasteiger charge is 2.34. The van der Waals surface area contributed by atoms with Crippen LogP contribution in [0, 0.1) is 5.41 Å². The highest BCUT2D eigenvalue weighted by molar-refractivity contribution is 8.15. The zero-order chi connectivity index (χ0) is 23.7. The Morgan fingerprint density at radius 2 is 2.03 bits per heavy atom. The number of carbonyl (C=O) groups excluding carboxylic acids is 2. The summed E-state index contributed by atoms with van der Waals surface area (Å²) in [6.07, 6.45) is -1.13. The lowest BCUT2D eigenvalue weighted by atomic mass is 9.77. The number of amidine groups is 1. The fourth-order valence-electron chi connectivity index (χ4n) is 3.62. The number of halogens is 4. The fraction of sp³-hybridized carbons (Fsp3) is 0.429. The average Bonchev–Trinajstić information content (AvgIpc) is 2.98. The van der Waals surface area contributed by atoms with Crippen molar-refractivity contribution < 1.29 is 22.8 Å². The van der Waals surface area contributed by atoms with Crippen molar-refractivity contribution in [1.82, 2.24) is 5.32 Å². The molecule has 0 spiro atoms. The van der Waals surface area contributed by atoms with Gasteiger partial charge in [0.2, 0.25) is 11.8 Å². The quantitative estimate of drug-likeness (QED) is 0.559. The third-order valence-electron chi connectivity index (χ3n) is 4.81. The van der Waals surface area contributed by atoms with E-state index in [-0.39, 0.29) is 27.7 Å². The number of carbonyl (C=O) groups is 2. The number of alkyl halides is 3. The van der Waals surface area contributed by atoms with Gasteiger partial charge in [0.05, 0.1) is 22.0 Å². The number of nitrogens with one attached hydrogen (secondary N) is 2. The van der Waals surface area contributed by atoms with Crippen molar-refractivity contribution in [2.75, 3.05) is 5.32 Å². The minimum atomic E-state index is -4.57. The number of thioether (sulfide) groups is 1. The Morgan fingerprint density at radius 1 is 1.31 bits per heavy atom. The maximum absolute atomic E-state index is 12.9. The summed E-state index contributed by atoms with van der Waals surface area (Å²) in [5.41, 5.74) is 0.980. The Morgan fingerprint density at radius 3 is 2.69 bits per heavy atom. The molecule has 11 heteroatoms. The monoisotopic (exact) mass is 486 g/mol.